The summed E-state index contributed by atoms with van der Waals surface area (Å²) in [4.78, 5) is 10.5. The molecular formula is C14H18O4. The van der Waals surface area contributed by atoms with Crippen molar-refractivity contribution < 1.29 is 19.4 Å². The number of carboxylic acids is 1. The first-order valence-corrected chi connectivity index (χ1v) is 6.09. The molecular weight excluding hydrogens is 232 g/mol. The molecule has 1 aromatic rings. The van der Waals surface area contributed by atoms with Crippen molar-refractivity contribution in [3.05, 3.63) is 29.8 Å². The summed E-state index contributed by atoms with van der Waals surface area (Å²) in [6.07, 6.45) is 0.682. The normalized spacial score (nSPS) is 16.9. The third-order valence-electron chi connectivity index (χ3n) is 3.01. The zero-order chi connectivity index (χ0) is 13.0. The first-order valence-electron chi connectivity index (χ1n) is 6.09. The van der Waals surface area contributed by atoms with Crippen LogP contribution in [0.1, 0.15) is 18.9 Å². The smallest absolute Gasteiger partial charge is 0.303 e. The van der Waals surface area contributed by atoms with Crippen LogP contribution in [0, 0.1) is 5.41 Å². The van der Waals surface area contributed by atoms with Gasteiger partial charge in [0.05, 0.1) is 19.8 Å². The van der Waals surface area contributed by atoms with Crippen molar-refractivity contribution in [3.63, 3.8) is 0 Å². The van der Waals surface area contributed by atoms with E-state index in [2.05, 4.69) is 6.92 Å². The largest absolute Gasteiger partial charge is 0.493 e. The lowest BCUT2D eigenvalue weighted by Crippen LogP contribution is -2.44. The van der Waals surface area contributed by atoms with Gasteiger partial charge in [-0.3, -0.25) is 4.79 Å². The van der Waals surface area contributed by atoms with Gasteiger partial charge in [0.2, 0.25) is 0 Å². The van der Waals surface area contributed by atoms with Gasteiger partial charge >= 0.3 is 5.97 Å². The first kappa shape index (κ1) is 12.9. The SMILES string of the molecule is CC1(COc2cccc(CCC(=O)O)c2)COC1. The highest BCUT2D eigenvalue weighted by atomic mass is 16.5. The molecule has 1 aromatic carbocycles. The Balaban J connectivity index is 1.88. The number of aliphatic carboxylic acids is 1. The molecule has 1 fully saturated rings. The molecule has 1 aliphatic heterocycles. The Morgan fingerprint density at radius 2 is 2.28 bits per heavy atom. The zero-order valence-electron chi connectivity index (χ0n) is 10.5. The number of carbonyl (C=O) groups is 1. The molecule has 0 amide bonds. The Bertz CT molecular complexity index is 424. The molecule has 0 aliphatic carbocycles. The summed E-state index contributed by atoms with van der Waals surface area (Å²) in [5.41, 5.74) is 1.11. The zero-order valence-corrected chi connectivity index (χ0v) is 10.5. The maximum absolute atomic E-state index is 10.5. The molecule has 1 heterocycles. The molecule has 0 aromatic heterocycles. The fourth-order valence-corrected chi connectivity index (χ4v) is 1.83. The highest BCUT2D eigenvalue weighted by Gasteiger charge is 2.34. The van der Waals surface area contributed by atoms with Crippen molar-refractivity contribution in [2.75, 3.05) is 19.8 Å². The van der Waals surface area contributed by atoms with Gasteiger partial charge in [0.15, 0.2) is 0 Å². The van der Waals surface area contributed by atoms with Gasteiger partial charge < -0.3 is 14.6 Å². The first-order chi connectivity index (χ1) is 8.57. The second-order valence-corrected chi connectivity index (χ2v) is 5.13. The van der Waals surface area contributed by atoms with E-state index in [1.165, 1.54) is 0 Å². The van der Waals surface area contributed by atoms with E-state index in [0.717, 1.165) is 24.5 Å². The van der Waals surface area contributed by atoms with E-state index in [1.54, 1.807) is 0 Å². The van der Waals surface area contributed by atoms with Gasteiger partial charge in [-0.05, 0) is 24.1 Å². The summed E-state index contributed by atoms with van der Waals surface area (Å²) in [6.45, 7) is 4.25. The predicted molar refractivity (Wildman–Crippen MR) is 66.8 cm³/mol. The van der Waals surface area contributed by atoms with Crippen molar-refractivity contribution in [1.29, 1.82) is 0 Å². The monoisotopic (exact) mass is 250 g/mol. The van der Waals surface area contributed by atoms with E-state index in [1.807, 2.05) is 24.3 Å². The lowest BCUT2D eigenvalue weighted by molar-refractivity contribution is -0.136. The van der Waals surface area contributed by atoms with E-state index in [9.17, 15) is 4.79 Å². The molecule has 18 heavy (non-hydrogen) atoms. The number of benzene rings is 1. The van der Waals surface area contributed by atoms with E-state index in [4.69, 9.17) is 14.6 Å². The molecule has 98 valence electrons. The second-order valence-electron chi connectivity index (χ2n) is 5.13. The van der Waals surface area contributed by atoms with E-state index >= 15 is 0 Å². The Kier molecular flexibility index (Phi) is 3.87. The molecule has 0 radical (unpaired) electrons. The topological polar surface area (TPSA) is 55.8 Å². The summed E-state index contributed by atoms with van der Waals surface area (Å²) in [5, 5.41) is 8.65. The Morgan fingerprint density at radius 3 is 2.89 bits per heavy atom. The fraction of sp³-hybridized carbons (Fsp3) is 0.500. The molecule has 0 saturated carbocycles. The van der Waals surface area contributed by atoms with Crippen LogP contribution in [0.15, 0.2) is 24.3 Å². The maximum atomic E-state index is 10.5. The van der Waals surface area contributed by atoms with Crippen LogP contribution in [0.5, 0.6) is 5.75 Å². The summed E-state index contributed by atoms with van der Waals surface area (Å²) < 4.78 is 10.9. The molecule has 0 bridgehead atoms. The lowest BCUT2D eigenvalue weighted by Gasteiger charge is -2.37. The Hall–Kier alpha value is -1.55. The summed E-state index contributed by atoms with van der Waals surface area (Å²) in [6, 6.07) is 7.62. The highest BCUT2D eigenvalue weighted by molar-refractivity contribution is 5.67. The molecule has 1 saturated heterocycles. The van der Waals surface area contributed by atoms with E-state index in [0.29, 0.717) is 13.0 Å². The molecule has 4 heteroatoms. The average molecular weight is 250 g/mol. The average Bonchev–Trinajstić information content (AvgIpc) is 2.32. The van der Waals surface area contributed by atoms with Crippen LogP contribution in [0.25, 0.3) is 0 Å². The van der Waals surface area contributed by atoms with Gasteiger partial charge in [-0.25, -0.2) is 0 Å². The van der Waals surface area contributed by atoms with Crippen molar-refractivity contribution in [2.24, 2.45) is 5.41 Å². The number of ether oxygens (including phenoxy) is 2. The van der Waals surface area contributed by atoms with Crippen molar-refractivity contribution in [1.82, 2.24) is 0 Å². The van der Waals surface area contributed by atoms with Gasteiger partial charge in [-0.2, -0.15) is 0 Å². The molecule has 0 unspecified atom stereocenters. The molecule has 1 aliphatic rings. The van der Waals surface area contributed by atoms with Crippen LogP contribution < -0.4 is 4.74 Å². The Morgan fingerprint density at radius 1 is 1.50 bits per heavy atom. The van der Waals surface area contributed by atoms with Gasteiger partial charge in [0, 0.05) is 11.8 Å². The van der Waals surface area contributed by atoms with Gasteiger partial charge in [0.25, 0.3) is 0 Å². The third-order valence-corrected chi connectivity index (χ3v) is 3.01. The van der Waals surface area contributed by atoms with Crippen LogP contribution >= 0.6 is 0 Å². The number of rotatable bonds is 6. The van der Waals surface area contributed by atoms with Gasteiger partial charge in [-0.15, -0.1) is 0 Å². The minimum atomic E-state index is -0.777. The van der Waals surface area contributed by atoms with Crippen molar-refractivity contribution in [2.45, 2.75) is 19.8 Å². The number of carboxylic acid groups (broad SMARTS) is 1. The van der Waals surface area contributed by atoms with Crippen LogP contribution in [0.3, 0.4) is 0 Å². The number of hydrogen-bond acceptors (Lipinski definition) is 3. The Labute approximate surface area is 107 Å². The minimum absolute atomic E-state index is 0.122. The standard InChI is InChI=1S/C14H18O4/c1-14(8-17-9-14)10-18-12-4-2-3-11(7-12)5-6-13(15)16/h2-4,7H,5-6,8-10H2,1H3,(H,15,16). The van der Waals surface area contributed by atoms with Crippen molar-refractivity contribution in [3.8, 4) is 5.75 Å². The van der Waals surface area contributed by atoms with E-state index in [-0.39, 0.29) is 11.8 Å². The van der Waals surface area contributed by atoms with Crippen LogP contribution in [-0.4, -0.2) is 30.9 Å². The van der Waals surface area contributed by atoms with Crippen LogP contribution in [-0.2, 0) is 16.0 Å². The van der Waals surface area contributed by atoms with Crippen LogP contribution in [0.2, 0.25) is 0 Å². The molecule has 1 N–H and O–H groups in total. The maximum Gasteiger partial charge on any atom is 0.303 e. The minimum Gasteiger partial charge on any atom is -0.493 e. The highest BCUT2D eigenvalue weighted by Crippen LogP contribution is 2.27. The molecule has 0 atom stereocenters. The third kappa shape index (κ3) is 3.47. The molecule has 0 spiro atoms. The second kappa shape index (κ2) is 5.40. The fourth-order valence-electron chi connectivity index (χ4n) is 1.83. The number of aryl methyl sites for hydroxylation is 1. The number of hydrogen-bond donors (Lipinski definition) is 1. The predicted octanol–water partition coefficient (Wildman–Crippen LogP) is 2.12. The van der Waals surface area contributed by atoms with E-state index < -0.39 is 5.97 Å². The quantitative estimate of drug-likeness (QED) is 0.840. The summed E-state index contributed by atoms with van der Waals surface area (Å²) >= 11 is 0. The molecule has 2 rings (SSSR count). The summed E-state index contributed by atoms with van der Waals surface area (Å²) in [7, 11) is 0. The molecule has 4 nitrogen and oxygen atoms in total. The van der Waals surface area contributed by atoms with Gasteiger partial charge in [-0.1, -0.05) is 19.1 Å². The summed E-state index contributed by atoms with van der Waals surface area (Å²) in [5.74, 6) is 0.0199. The van der Waals surface area contributed by atoms with Gasteiger partial charge in [0.1, 0.15) is 5.75 Å². The lowest BCUT2D eigenvalue weighted by atomic mass is 9.90. The van der Waals surface area contributed by atoms with Crippen molar-refractivity contribution >= 4 is 5.97 Å². The van der Waals surface area contributed by atoms with Crippen LogP contribution in [0.4, 0.5) is 0 Å².